The Hall–Kier alpha value is -2.59. The van der Waals surface area contributed by atoms with Gasteiger partial charge >= 0.3 is 0 Å². The van der Waals surface area contributed by atoms with E-state index in [-0.39, 0.29) is 4.90 Å². The van der Waals surface area contributed by atoms with Crippen molar-refractivity contribution in [1.29, 1.82) is 0 Å². The molecule has 4 heterocycles. The third-order valence-corrected chi connectivity index (χ3v) is 10.00. The molecule has 1 aliphatic carbocycles. The molecule has 1 aliphatic heterocycles. The second kappa shape index (κ2) is 9.70. The number of aryl methyl sites for hydroxylation is 1. The number of thiazole rings is 1. The Morgan fingerprint density at radius 2 is 1.81 bits per heavy atom. The van der Waals surface area contributed by atoms with E-state index in [1.54, 1.807) is 41.8 Å². The van der Waals surface area contributed by atoms with Gasteiger partial charge in [0.05, 0.1) is 28.8 Å². The van der Waals surface area contributed by atoms with Gasteiger partial charge in [-0.2, -0.15) is 0 Å². The predicted molar refractivity (Wildman–Crippen MR) is 142 cm³/mol. The molecule has 7 nitrogen and oxygen atoms in total. The molecule has 1 aromatic carbocycles. The number of nitrogens with zero attached hydrogens (tertiary/aromatic N) is 4. The Morgan fingerprint density at radius 1 is 1.06 bits per heavy atom. The summed E-state index contributed by atoms with van der Waals surface area (Å²) >= 11 is 1.56. The Labute approximate surface area is 215 Å². The Bertz CT molecular complexity index is 1470. The predicted octanol–water partition coefficient (Wildman–Crippen LogP) is 5.06. The highest BCUT2D eigenvalue weighted by Gasteiger charge is 2.29. The van der Waals surface area contributed by atoms with Crippen LogP contribution < -0.4 is 0 Å². The number of pyridine rings is 1. The van der Waals surface area contributed by atoms with Crippen LogP contribution in [0.4, 0.5) is 0 Å². The number of hydrogen-bond acceptors (Lipinski definition) is 7. The fourth-order valence-corrected chi connectivity index (χ4v) is 7.57. The normalized spacial score (nSPS) is 21.7. The maximum absolute atomic E-state index is 13.6. The van der Waals surface area contributed by atoms with Crippen LogP contribution >= 0.6 is 11.3 Å². The molecule has 0 N–H and O–H groups in total. The van der Waals surface area contributed by atoms with Crippen LogP contribution in [0.15, 0.2) is 59.1 Å². The van der Waals surface area contributed by atoms with Crippen LogP contribution in [0.25, 0.3) is 22.3 Å². The Kier molecular flexibility index (Phi) is 6.41. The second-order valence-electron chi connectivity index (χ2n) is 9.70. The van der Waals surface area contributed by atoms with Gasteiger partial charge in [0.25, 0.3) is 10.0 Å². The largest absolute Gasteiger partial charge is 0.379 e. The first-order valence-corrected chi connectivity index (χ1v) is 14.9. The van der Waals surface area contributed by atoms with E-state index in [1.165, 1.54) is 22.4 Å². The number of fused-ring (bicyclic) bond motifs is 1. The van der Waals surface area contributed by atoms with Gasteiger partial charge in [0, 0.05) is 47.9 Å². The zero-order valence-corrected chi connectivity index (χ0v) is 22.0. The standard InChI is InChI=1S/C27H30N4O3S2/c1-19-29-26(18-35-19)25-17-31(36(32,33)23-5-3-2-4-6-23)27-24(25)15-21(16-28-27)20-7-9-22(10-8-20)30-11-13-34-14-12-30/h2-6,15-18,20,22H,7-14H2,1H3/t20-,22-. The monoisotopic (exact) mass is 522 g/mol. The van der Waals surface area contributed by atoms with Crippen molar-refractivity contribution in [3.05, 3.63) is 64.7 Å². The summed E-state index contributed by atoms with van der Waals surface area (Å²) < 4.78 is 34.0. The average molecular weight is 523 g/mol. The van der Waals surface area contributed by atoms with Crippen molar-refractivity contribution in [3.63, 3.8) is 0 Å². The molecule has 0 amide bonds. The smallest absolute Gasteiger partial charge is 0.269 e. The van der Waals surface area contributed by atoms with E-state index in [2.05, 4.69) is 16.0 Å². The van der Waals surface area contributed by atoms with E-state index >= 15 is 0 Å². The van der Waals surface area contributed by atoms with Gasteiger partial charge in [0.1, 0.15) is 0 Å². The summed E-state index contributed by atoms with van der Waals surface area (Å²) in [5.41, 5.74) is 3.24. The molecular formula is C27H30N4O3S2. The fourth-order valence-electron chi connectivity index (χ4n) is 5.62. The maximum Gasteiger partial charge on any atom is 0.269 e. The van der Waals surface area contributed by atoms with Crippen LogP contribution in [-0.4, -0.2) is 59.6 Å². The minimum atomic E-state index is -3.79. The average Bonchev–Trinajstić information content (AvgIpc) is 3.53. The molecule has 1 saturated heterocycles. The molecule has 0 atom stereocenters. The number of hydrogen-bond donors (Lipinski definition) is 0. The van der Waals surface area contributed by atoms with E-state index < -0.39 is 10.0 Å². The van der Waals surface area contributed by atoms with Crippen LogP contribution in [0.5, 0.6) is 0 Å². The zero-order valence-electron chi connectivity index (χ0n) is 20.3. The molecule has 0 radical (unpaired) electrons. The maximum atomic E-state index is 13.6. The first kappa shape index (κ1) is 23.8. The number of morpholine rings is 1. The number of ether oxygens (including phenoxy) is 1. The second-order valence-corrected chi connectivity index (χ2v) is 12.6. The lowest BCUT2D eigenvalue weighted by atomic mass is 9.81. The first-order valence-electron chi connectivity index (χ1n) is 12.6. The van der Waals surface area contributed by atoms with Crippen LogP contribution in [-0.2, 0) is 14.8 Å². The lowest BCUT2D eigenvalue weighted by Crippen LogP contribution is -2.44. The summed E-state index contributed by atoms with van der Waals surface area (Å²) in [5, 5.41) is 3.78. The van der Waals surface area contributed by atoms with Gasteiger partial charge in [-0.3, -0.25) is 4.90 Å². The zero-order chi connectivity index (χ0) is 24.7. The van der Waals surface area contributed by atoms with Crippen molar-refractivity contribution >= 4 is 32.4 Å². The molecule has 2 fully saturated rings. The van der Waals surface area contributed by atoms with Gasteiger partial charge in [0.2, 0.25) is 0 Å². The van der Waals surface area contributed by atoms with E-state index in [1.807, 2.05) is 24.6 Å². The number of benzene rings is 1. The van der Waals surface area contributed by atoms with Crippen molar-refractivity contribution in [2.75, 3.05) is 26.3 Å². The van der Waals surface area contributed by atoms with Crippen molar-refractivity contribution in [3.8, 4) is 11.3 Å². The molecule has 2 aliphatic rings. The van der Waals surface area contributed by atoms with Crippen molar-refractivity contribution in [2.45, 2.75) is 49.5 Å². The third-order valence-electron chi connectivity index (χ3n) is 7.56. The van der Waals surface area contributed by atoms with E-state index in [0.717, 1.165) is 60.8 Å². The highest BCUT2D eigenvalue weighted by Crippen LogP contribution is 2.38. The van der Waals surface area contributed by atoms with Gasteiger partial charge in [-0.05, 0) is 62.3 Å². The molecule has 9 heteroatoms. The molecule has 4 aromatic rings. The highest BCUT2D eigenvalue weighted by molar-refractivity contribution is 7.90. The Morgan fingerprint density at radius 3 is 2.50 bits per heavy atom. The number of rotatable bonds is 5. The molecule has 0 unspecified atom stereocenters. The third kappa shape index (κ3) is 4.38. The molecule has 36 heavy (non-hydrogen) atoms. The molecule has 0 spiro atoms. The highest BCUT2D eigenvalue weighted by atomic mass is 32.2. The fraction of sp³-hybridized carbons (Fsp3) is 0.407. The SMILES string of the molecule is Cc1nc(-c2cn(S(=O)(=O)c3ccccc3)c3ncc([C@H]4CC[C@H](N5CCOCC5)CC4)cc23)cs1. The number of aromatic nitrogens is 3. The molecular weight excluding hydrogens is 492 g/mol. The minimum absolute atomic E-state index is 0.246. The summed E-state index contributed by atoms with van der Waals surface area (Å²) in [6.45, 7) is 5.69. The molecule has 6 rings (SSSR count). The lowest BCUT2D eigenvalue weighted by Gasteiger charge is -2.38. The summed E-state index contributed by atoms with van der Waals surface area (Å²) in [6, 6.07) is 11.3. The van der Waals surface area contributed by atoms with Crippen LogP contribution in [0, 0.1) is 6.92 Å². The lowest BCUT2D eigenvalue weighted by molar-refractivity contribution is 0.00729. The topological polar surface area (TPSA) is 77.3 Å². The summed E-state index contributed by atoms with van der Waals surface area (Å²) in [4.78, 5) is 12.2. The summed E-state index contributed by atoms with van der Waals surface area (Å²) in [7, 11) is -3.79. The van der Waals surface area contributed by atoms with Gasteiger partial charge in [0.15, 0.2) is 5.65 Å². The van der Waals surface area contributed by atoms with Crippen molar-refractivity contribution in [1.82, 2.24) is 18.8 Å². The van der Waals surface area contributed by atoms with Crippen LogP contribution in [0.1, 0.15) is 42.2 Å². The minimum Gasteiger partial charge on any atom is -0.379 e. The molecule has 188 valence electrons. The van der Waals surface area contributed by atoms with Crippen molar-refractivity contribution in [2.24, 2.45) is 0 Å². The molecule has 1 saturated carbocycles. The quantitative estimate of drug-likeness (QED) is 0.365. The van der Waals surface area contributed by atoms with Gasteiger partial charge in [-0.1, -0.05) is 18.2 Å². The van der Waals surface area contributed by atoms with Gasteiger partial charge < -0.3 is 4.74 Å². The molecule has 0 bridgehead atoms. The van der Waals surface area contributed by atoms with Crippen LogP contribution in [0.3, 0.4) is 0 Å². The van der Waals surface area contributed by atoms with E-state index in [0.29, 0.717) is 17.6 Å². The Balaban J connectivity index is 1.36. The summed E-state index contributed by atoms with van der Waals surface area (Å²) in [5.74, 6) is 0.429. The van der Waals surface area contributed by atoms with Crippen molar-refractivity contribution < 1.29 is 13.2 Å². The summed E-state index contributed by atoms with van der Waals surface area (Å²) in [6.07, 6.45) is 8.14. The molecule has 3 aromatic heterocycles. The van der Waals surface area contributed by atoms with Gasteiger partial charge in [-0.25, -0.2) is 22.4 Å². The van der Waals surface area contributed by atoms with Crippen LogP contribution in [0.2, 0.25) is 0 Å². The van der Waals surface area contributed by atoms with Gasteiger partial charge in [-0.15, -0.1) is 11.3 Å². The van der Waals surface area contributed by atoms with E-state index in [9.17, 15) is 8.42 Å². The first-order chi connectivity index (χ1) is 17.5. The van der Waals surface area contributed by atoms with E-state index in [4.69, 9.17) is 9.72 Å².